The monoisotopic (exact) mass is 145 g/mol. The Kier molecular flexibility index (Phi) is 3.33. The van der Waals surface area contributed by atoms with Gasteiger partial charge in [-0.1, -0.05) is 0 Å². The second kappa shape index (κ2) is 3.35. The van der Waals surface area contributed by atoms with Crippen molar-refractivity contribution in [1.82, 2.24) is 0 Å². The molecule has 2 atom stereocenters. The molecule has 0 aliphatic rings. The van der Waals surface area contributed by atoms with Crippen LogP contribution in [-0.2, 0) is 0 Å². The van der Waals surface area contributed by atoms with E-state index < -0.39 is 0 Å². The molecular weight excluding hydrogens is 124 g/mol. The van der Waals surface area contributed by atoms with Crippen LogP contribution in [0.25, 0.3) is 0 Å². The number of nitrogens with zero attached hydrogens (tertiary/aromatic N) is 1. The van der Waals surface area contributed by atoms with Gasteiger partial charge in [0.15, 0.2) is 0 Å². The number of quaternary nitrogens is 1. The SMILES string of the molecule is CC(N)CC(C)[N+](C)(C)C. The third kappa shape index (κ3) is 3.85. The van der Waals surface area contributed by atoms with E-state index in [4.69, 9.17) is 5.73 Å². The van der Waals surface area contributed by atoms with E-state index in [0.29, 0.717) is 12.1 Å². The van der Waals surface area contributed by atoms with Crippen molar-refractivity contribution in [1.29, 1.82) is 0 Å². The summed E-state index contributed by atoms with van der Waals surface area (Å²) in [5.74, 6) is 0. The van der Waals surface area contributed by atoms with E-state index in [0.717, 1.165) is 10.9 Å². The van der Waals surface area contributed by atoms with Gasteiger partial charge in [0.05, 0.1) is 27.2 Å². The molecule has 0 amide bonds. The molecule has 0 aliphatic heterocycles. The van der Waals surface area contributed by atoms with Gasteiger partial charge in [-0.15, -0.1) is 0 Å². The fourth-order valence-electron chi connectivity index (χ4n) is 0.854. The van der Waals surface area contributed by atoms with Gasteiger partial charge in [0.2, 0.25) is 0 Å². The molecule has 0 saturated carbocycles. The molecule has 2 heteroatoms. The van der Waals surface area contributed by atoms with E-state index in [1.807, 2.05) is 0 Å². The summed E-state index contributed by atoms with van der Waals surface area (Å²) in [6.07, 6.45) is 1.10. The van der Waals surface area contributed by atoms with E-state index in [-0.39, 0.29) is 0 Å². The van der Waals surface area contributed by atoms with Crippen molar-refractivity contribution in [2.75, 3.05) is 21.1 Å². The predicted molar refractivity (Wildman–Crippen MR) is 45.8 cm³/mol. The first-order valence-corrected chi connectivity index (χ1v) is 3.90. The van der Waals surface area contributed by atoms with Gasteiger partial charge in [-0.25, -0.2) is 0 Å². The highest BCUT2D eigenvalue weighted by molar-refractivity contribution is 4.58. The normalized spacial score (nSPS) is 18.6. The lowest BCUT2D eigenvalue weighted by atomic mass is 10.1. The lowest BCUT2D eigenvalue weighted by Gasteiger charge is -2.32. The zero-order valence-corrected chi connectivity index (χ0v) is 7.89. The molecule has 2 N–H and O–H groups in total. The minimum Gasteiger partial charge on any atom is -0.329 e. The number of hydrogen-bond acceptors (Lipinski definition) is 1. The zero-order valence-electron chi connectivity index (χ0n) is 7.89. The van der Waals surface area contributed by atoms with Gasteiger partial charge >= 0.3 is 0 Å². The third-order valence-corrected chi connectivity index (χ3v) is 2.04. The molecule has 10 heavy (non-hydrogen) atoms. The number of hydrogen-bond donors (Lipinski definition) is 1. The standard InChI is InChI=1S/C8H21N2/c1-7(9)6-8(2)10(3,4)5/h7-8H,6,9H2,1-5H3/q+1. The fourth-order valence-corrected chi connectivity index (χ4v) is 0.854. The zero-order chi connectivity index (χ0) is 8.36. The fraction of sp³-hybridized carbons (Fsp3) is 1.00. The van der Waals surface area contributed by atoms with Crippen LogP contribution in [0.1, 0.15) is 20.3 Å². The minimum absolute atomic E-state index is 0.326. The van der Waals surface area contributed by atoms with Crippen LogP contribution in [0.15, 0.2) is 0 Å². The Bertz CT molecular complexity index is 91.9. The maximum absolute atomic E-state index is 5.68. The van der Waals surface area contributed by atoms with Crippen molar-refractivity contribution in [2.24, 2.45) is 5.73 Å². The summed E-state index contributed by atoms with van der Waals surface area (Å²) in [5, 5.41) is 0. The first-order chi connectivity index (χ1) is 4.34. The maximum atomic E-state index is 5.68. The van der Waals surface area contributed by atoms with Crippen molar-refractivity contribution in [3.05, 3.63) is 0 Å². The van der Waals surface area contributed by atoms with E-state index in [9.17, 15) is 0 Å². The summed E-state index contributed by atoms with van der Waals surface area (Å²) in [4.78, 5) is 0. The van der Waals surface area contributed by atoms with E-state index in [1.54, 1.807) is 0 Å². The Hall–Kier alpha value is -0.0800. The van der Waals surface area contributed by atoms with Crippen molar-refractivity contribution >= 4 is 0 Å². The van der Waals surface area contributed by atoms with Gasteiger partial charge in [0.25, 0.3) is 0 Å². The van der Waals surface area contributed by atoms with Crippen LogP contribution >= 0.6 is 0 Å². The molecule has 0 aromatic heterocycles. The van der Waals surface area contributed by atoms with Crippen LogP contribution in [0, 0.1) is 0 Å². The molecule has 0 heterocycles. The molecule has 0 rings (SSSR count). The van der Waals surface area contributed by atoms with Gasteiger partial charge < -0.3 is 10.2 Å². The molecule has 0 aromatic rings. The van der Waals surface area contributed by atoms with Gasteiger partial charge in [-0.05, 0) is 13.8 Å². The van der Waals surface area contributed by atoms with Crippen LogP contribution in [0.5, 0.6) is 0 Å². The van der Waals surface area contributed by atoms with Crippen LogP contribution in [0.2, 0.25) is 0 Å². The molecule has 0 saturated heterocycles. The second-order valence-corrected chi connectivity index (χ2v) is 4.18. The quantitative estimate of drug-likeness (QED) is 0.585. The van der Waals surface area contributed by atoms with E-state index in [2.05, 4.69) is 35.0 Å². The van der Waals surface area contributed by atoms with Gasteiger partial charge in [-0.3, -0.25) is 0 Å². The molecule has 0 aliphatic carbocycles. The Balaban J connectivity index is 3.73. The summed E-state index contributed by atoms with van der Waals surface area (Å²) in [7, 11) is 6.60. The van der Waals surface area contributed by atoms with Crippen molar-refractivity contribution in [3.8, 4) is 0 Å². The molecular formula is C8H21N2+. The highest BCUT2D eigenvalue weighted by atomic mass is 15.3. The first kappa shape index (κ1) is 9.92. The summed E-state index contributed by atoms with van der Waals surface area (Å²) in [5.41, 5.74) is 5.68. The van der Waals surface area contributed by atoms with Crippen molar-refractivity contribution in [3.63, 3.8) is 0 Å². The molecule has 62 valence electrons. The molecule has 0 fully saturated rings. The average molecular weight is 145 g/mol. The maximum Gasteiger partial charge on any atom is 0.0870 e. The summed E-state index contributed by atoms with van der Waals surface area (Å²) >= 11 is 0. The highest BCUT2D eigenvalue weighted by Crippen LogP contribution is 2.07. The molecule has 0 aromatic carbocycles. The Morgan fingerprint density at radius 3 is 1.70 bits per heavy atom. The van der Waals surface area contributed by atoms with Gasteiger partial charge in [-0.2, -0.15) is 0 Å². The van der Waals surface area contributed by atoms with Gasteiger partial charge in [0.1, 0.15) is 0 Å². The van der Waals surface area contributed by atoms with Crippen molar-refractivity contribution in [2.45, 2.75) is 32.4 Å². The van der Waals surface area contributed by atoms with Crippen LogP contribution in [0.4, 0.5) is 0 Å². The van der Waals surface area contributed by atoms with Crippen LogP contribution in [-0.4, -0.2) is 37.7 Å². The molecule has 0 spiro atoms. The topological polar surface area (TPSA) is 26.0 Å². The highest BCUT2D eigenvalue weighted by Gasteiger charge is 2.18. The average Bonchev–Trinajstić information content (AvgIpc) is 1.60. The lowest BCUT2D eigenvalue weighted by Crippen LogP contribution is -2.45. The van der Waals surface area contributed by atoms with Crippen molar-refractivity contribution < 1.29 is 4.48 Å². The van der Waals surface area contributed by atoms with Crippen LogP contribution in [0.3, 0.4) is 0 Å². The molecule has 2 nitrogen and oxygen atoms in total. The molecule has 0 radical (unpaired) electrons. The summed E-state index contributed by atoms with van der Waals surface area (Å²) in [6.45, 7) is 4.30. The second-order valence-electron chi connectivity index (χ2n) is 4.18. The minimum atomic E-state index is 0.326. The predicted octanol–water partition coefficient (Wildman–Crippen LogP) is 0.818. The smallest absolute Gasteiger partial charge is 0.0870 e. The molecule has 0 bridgehead atoms. The summed E-state index contributed by atoms with van der Waals surface area (Å²) < 4.78 is 1.00. The van der Waals surface area contributed by atoms with E-state index >= 15 is 0 Å². The summed E-state index contributed by atoms with van der Waals surface area (Å²) in [6, 6.07) is 0.979. The number of nitrogens with two attached hydrogens (primary N) is 1. The number of rotatable bonds is 3. The first-order valence-electron chi connectivity index (χ1n) is 3.90. The van der Waals surface area contributed by atoms with Crippen LogP contribution < -0.4 is 5.73 Å². The molecule has 2 unspecified atom stereocenters. The lowest BCUT2D eigenvalue weighted by molar-refractivity contribution is -0.894. The Labute approximate surface area is 64.6 Å². The van der Waals surface area contributed by atoms with E-state index in [1.165, 1.54) is 0 Å². The van der Waals surface area contributed by atoms with Gasteiger partial charge in [0, 0.05) is 12.5 Å². The third-order valence-electron chi connectivity index (χ3n) is 2.04. The Morgan fingerprint density at radius 2 is 1.60 bits per heavy atom. The Morgan fingerprint density at radius 1 is 1.20 bits per heavy atom. The largest absolute Gasteiger partial charge is 0.329 e.